The minimum absolute atomic E-state index is 0.196. The molecule has 14 heavy (non-hydrogen) atoms. The Bertz CT molecular complexity index is 440. The highest BCUT2D eigenvalue weighted by Crippen LogP contribution is 2.29. The van der Waals surface area contributed by atoms with Crippen molar-refractivity contribution >= 4 is 11.3 Å². The van der Waals surface area contributed by atoms with E-state index in [9.17, 15) is 4.39 Å². The molecule has 1 aromatic heterocycles. The SMILES string of the molecule is Cc1s[c]c(-c2ccc(F)cc2)c1C. The Hall–Kier alpha value is -1.15. The second-order valence-electron chi connectivity index (χ2n) is 3.27. The van der Waals surface area contributed by atoms with Gasteiger partial charge in [0.1, 0.15) is 5.82 Å². The minimum Gasteiger partial charge on any atom is -0.207 e. The van der Waals surface area contributed by atoms with E-state index < -0.39 is 0 Å². The van der Waals surface area contributed by atoms with Gasteiger partial charge in [0.2, 0.25) is 0 Å². The first kappa shape index (κ1) is 9.41. The molecule has 1 heterocycles. The van der Waals surface area contributed by atoms with Crippen molar-refractivity contribution < 1.29 is 4.39 Å². The molecule has 0 nitrogen and oxygen atoms in total. The number of aryl methyl sites for hydroxylation is 1. The number of hydrogen-bond donors (Lipinski definition) is 0. The summed E-state index contributed by atoms with van der Waals surface area (Å²) in [6.45, 7) is 4.14. The number of rotatable bonds is 1. The summed E-state index contributed by atoms with van der Waals surface area (Å²) in [5, 5.41) is 3.23. The first-order valence-corrected chi connectivity index (χ1v) is 5.24. The molecule has 0 saturated heterocycles. The van der Waals surface area contributed by atoms with Gasteiger partial charge in [0.05, 0.1) is 5.38 Å². The maximum absolute atomic E-state index is 12.7. The van der Waals surface area contributed by atoms with Gasteiger partial charge in [-0.2, -0.15) is 0 Å². The van der Waals surface area contributed by atoms with Crippen LogP contribution in [-0.4, -0.2) is 0 Å². The smallest absolute Gasteiger partial charge is 0.123 e. The highest BCUT2D eigenvalue weighted by atomic mass is 32.1. The molecule has 2 aromatic rings. The standard InChI is InChI=1S/C12H10FS/c1-8-9(2)14-7-12(8)10-3-5-11(13)6-4-10/h3-6H,1-2H3. The number of hydrogen-bond acceptors (Lipinski definition) is 1. The van der Waals surface area contributed by atoms with E-state index in [1.165, 1.54) is 22.6 Å². The number of halogens is 1. The van der Waals surface area contributed by atoms with Crippen LogP contribution in [0, 0.1) is 25.0 Å². The van der Waals surface area contributed by atoms with Crippen molar-refractivity contribution in [1.29, 1.82) is 0 Å². The predicted octanol–water partition coefficient (Wildman–Crippen LogP) is 3.97. The normalized spacial score (nSPS) is 10.5. The van der Waals surface area contributed by atoms with Crippen LogP contribution in [0.15, 0.2) is 24.3 Å². The quantitative estimate of drug-likeness (QED) is 0.660. The van der Waals surface area contributed by atoms with Crippen LogP contribution in [0.25, 0.3) is 11.1 Å². The molecule has 2 heteroatoms. The Morgan fingerprint density at radius 2 is 1.79 bits per heavy atom. The lowest BCUT2D eigenvalue weighted by Gasteiger charge is -1.99. The Labute approximate surface area is 87.0 Å². The maximum atomic E-state index is 12.7. The predicted molar refractivity (Wildman–Crippen MR) is 58.0 cm³/mol. The van der Waals surface area contributed by atoms with Crippen LogP contribution in [0.1, 0.15) is 10.4 Å². The maximum Gasteiger partial charge on any atom is 0.123 e. The third kappa shape index (κ3) is 1.58. The topological polar surface area (TPSA) is 0 Å². The summed E-state index contributed by atoms with van der Waals surface area (Å²) < 4.78 is 12.7. The Morgan fingerprint density at radius 1 is 1.14 bits per heavy atom. The molecule has 0 saturated carbocycles. The van der Waals surface area contributed by atoms with Crippen molar-refractivity contribution in [3.05, 3.63) is 45.9 Å². The molecule has 71 valence electrons. The van der Waals surface area contributed by atoms with Gasteiger partial charge >= 0.3 is 0 Å². The summed E-state index contributed by atoms with van der Waals surface area (Å²) in [6, 6.07) is 6.55. The fraction of sp³-hybridized carbons (Fsp3) is 0.167. The summed E-state index contributed by atoms with van der Waals surface area (Å²) >= 11 is 1.61. The van der Waals surface area contributed by atoms with Crippen molar-refractivity contribution in [2.45, 2.75) is 13.8 Å². The monoisotopic (exact) mass is 205 g/mol. The number of benzene rings is 1. The van der Waals surface area contributed by atoms with E-state index in [1.807, 2.05) is 0 Å². The van der Waals surface area contributed by atoms with Crippen molar-refractivity contribution in [3.63, 3.8) is 0 Å². The van der Waals surface area contributed by atoms with Crippen molar-refractivity contribution in [2.24, 2.45) is 0 Å². The van der Waals surface area contributed by atoms with Crippen LogP contribution in [0.2, 0.25) is 0 Å². The van der Waals surface area contributed by atoms with E-state index in [4.69, 9.17) is 0 Å². The van der Waals surface area contributed by atoms with Gasteiger partial charge in [-0.3, -0.25) is 0 Å². The molecule has 1 aromatic carbocycles. The van der Waals surface area contributed by atoms with E-state index in [0.717, 1.165) is 11.1 Å². The molecule has 0 aliphatic carbocycles. The van der Waals surface area contributed by atoms with Crippen molar-refractivity contribution in [2.75, 3.05) is 0 Å². The van der Waals surface area contributed by atoms with E-state index in [1.54, 1.807) is 23.5 Å². The molecule has 0 aliphatic heterocycles. The lowest BCUT2D eigenvalue weighted by atomic mass is 10.0. The second kappa shape index (κ2) is 3.54. The van der Waals surface area contributed by atoms with Gasteiger partial charge in [0.15, 0.2) is 0 Å². The third-order valence-corrected chi connectivity index (χ3v) is 3.26. The third-order valence-electron chi connectivity index (χ3n) is 2.34. The molecule has 0 spiro atoms. The molecular weight excluding hydrogens is 195 g/mol. The minimum atomic E-state index is -0.196. The molecule has 0 unspecified atom stereocenters. The van der Waals surface area contributed by atoms with Crippen LogP contribution in [0.3, 0.4) is 0 Å². The summed E-state index contributed by atoms with van der Waals surface area (Å²) in [7, 11) is 0. The van der Waals surface area contributed by atoms with Crippen LogP contribution in [-0.2, 0) is 0 Å². The van der Waals surface area contributed by atoms with Crippen LogP contribution in [0.5, 0.6) is 0 Å². The summed E-state index contributed by atoms with van der Waals surface area (Å²) in [5.74, 6) is -0.196. The fourth-order valence-electron chi connectivity index (χ4n) is 1.35. The molecular formula is C12H10FS. The Morgan fingerprint density at radius 3 is 2.29 bits per heavy atom. The number of thiophene rings is 1. The first-order chi connectivity index (χ1) is 6.68. The summed E-state index contributed by atoms with van der Waals surface area (Å²) in [6.07, 6.45) is 0. The van der Waals surface area contributed by atoms with E-state index in [-0.39, 0.29) is 5.82 Å². The van der Waals surface area contributed by atoms with E-state index in [0.29, 0.717) is 0 Å². The summed E-state index contributed by atoms with van der Waals surface area (Å²) in [5.41, 5.74) is 3.36. The molecule has 0 atom stereocenters. The average Bonchev–Trinajstić information content (AvgIpc) is 2.50. The molecule has 0 fully saturated rings. The van der Waals surface area contributed by atoms with Crippen LogP contribution in [0.4, 0.5) is 4.39 Å². The van der Waals surface area contributed by atoms with Crippen molar-refractivity contribution in [1.82, 2.24) is 0 Å². The van der Waals surface area contributed by atoms with E-state index in [2.05, 4.69) is 19.2 Å². The highest BCUT2D eigenvalue weighted by molar-refractivity contribution is 7.10. The van der Waals surface area contributed by atoms with Crippen LogP contribution >= 0.6 is 11.3 Å². The van der Waals surface area contributed by atoms with Gasteiger partial charge in [-0.05, 0) is 37.1 Å². The zero-order valence-corrected chi connectivity index (χ0v) is 8.91. The Kier molecular flexibility index (Phi) is 2.38. The molecule has 0 bridgehead atoms. The molecule has 1 radical (unpaired) electrons. The highest BCUT2D eigenvalue weighted by Gasteiger charge is 2.06. The molecule has 0 N–H and O–H groups in total. The average molecular weight is 205 g/mol. The fourth-order valence-corrected chi connectivity index (χ4v) is 2.13. The van der Waals surface area contributed by atoms with Gasteiger partial charge in [0, 0.05) is 10.4 Å². The zero-order valence-electron chi connectivity index (χ0n) is 8.10. The van der Waals surface area contributed by atoms with Crippen LogP contribution < -0.4 is 0 Å². The lowest BCUT2D eigenvalue weighted by Crippen LogP contribution is -1.80. The lowest BCUT2D eigenvalue weighted by molar-refractivity contribution is 0.628. The second-order valence-corrected chi connectivity index (χ2v) is 4.29. The van der Waals surface area contributed by atoms with Gasteiger partial charge in [0.25, 0.3) is 0 Å². The first-order valence-electron chi connectivity index (χ1n) is 4.42. The largest absolute Gasteiger partial charge is 0.207 e. The van der Waals surface area contributed by atoms with E-state index >= 15 is 0 Å². The zero-order chi connectivity index (χ0) is 10.1. The van der Waals surface area contributed by atoms with Crippen molar-refractivity contribution in [3.8, 4) is 11.1 Å². The molecule has 0 aliphatic rings. The molecule has 2 rings (SSSR count). The van der Waals surface area contributed by atoms with Gasteiger partial charge < -0.3 is 0 Å². The van der Waals surface area contributed by atoms with Gasteiger partial charge in [-0.25, -0.2) is 4.39 Å². The van der Waals surface area contributed by atoms with Gasteiger partial charge in [-0.15, -0.1) is 11.3 Å². The Balaban J connectivity index is 2.49. The summed E-state index contributed by atoms with van der Waals surface area (Å²) in [4.78, 5) is 1.27. The van der Waals surface area contributed by atoms with Gasteiger partial charge in [-0.1, -0.05) is 12.1 Å². The molecule has 0 amide bonds.